The zero-order chi connectivity index (χ0) is 36.6. The lowest BCUT2D eigenvalue weighted by Gasteiger charge is -2.26. The van der Waals surface area contributed by atoms with Crippen LogP contribution in [0.2, 0.25) is 0 Å². The Balaban J connectivity index is 1.76. The van der Waals surface area contributed by atoms with E-state index in [2.05, 4.69) is 26.3 Å². The lowest BCUT2D eigenvalue weighted by Crippen LogP contribution is -2.57. The van der Waals surface area contributed by atoms with Crippen molar-refractivity contribution in [3.63, 3.8) is 0 Å². The molecule has 0 spiro atoms. The van der Waals surface area contributed by atoms with Gasteiger partial charge in [0.25, 0.3) is 0 Å². The number of hydrogen-bond acceptors (Lipinski definition) is 9. The molecule has 0 unspecified atom stereocenters. The van der Waals surface area contributed by atoms with Crippen molar-refractivity contribution in [3.8, 4) is 0 Å². The number of guanidine groups is 1. The van der Waals surface area contributed by atoms with Crippen LogP contribution in [0.15, 0.2) is 68.8 Å². The number of aliphatic imine (C=N–C) groups is 1. The Hall–Kier alpha value is -5.44. The summed E-state index contributed by atoms with van der Waals surface area (Å²) in [6.45, 7) is 5.89. The highest BCUT2D eigenvalue weighted by molar-refractivity contribution is 6.00. The smallest absolute Gasteiger partial charge is 0.408 e. The van der Waals surface area contributed by atoms with Crippen LogP contribution in [0.25, 0.3) is 11.0 Å². The van der Waals surface area contributed by atoms with E-state index in [1.54, 1.807) is 45.0 Å². The van der Waals surface area contributed by atoms with Crippen LogP contribution >= 0.6 is 0 Å². The van der Waals surface area contributed by atoms with Crippen LogP contribution in [0.3, 0.4) is 0 Å². The van der Waals surface area contributed by atoms with Crippen molar-refractivity contribution in [2.45, 2.75) is 77.6 Å². The van der Waals surface area contributed by atoms with Crippen LogP contribution in [0.1, 0.15) is 57.1 Å². The van der Waals surface area contributed by atoms with Crippen molar-refractivity contribution in [1.29, 1.82) is 0 Å². The number of hydrogen-bond donors (Lipinski definition) is 7. The fraction of sp³-hybridized carbons (Fsp3) is 0.429. The first kappa shape index (κ1) is 39.0. The number of nitrogens with zero attached hydrogens (tertiary/aromatic N) is 1. The highest BCUT2D eigenvalue weighted by Gasteiger charge is 2.31. The average molecular weight is 693 g/mol. The van der Waals surface area contributed by atoms with Crippen molar-refractivity contribution in [2.24, 2.45) is 28.1 Å². The molecule has 0 aliphatic heterocycles. The van der Waals surface area contributed by atoms with Gasteiger partial charge in [0.15, 0.2) is 5.96 Å². The number of unbranched alkanes of at least 4 members (excludes halogenated alkanes) is 1. The van der Waals surface area contributed by atoms with Gasteiger partial charge in [0, 0.05) is 29.8 Å². The van der Waals surface area contributed by atoms with E-state index in [4.69, 9.17) is 26.4 Å². The molecule has 15 heteroatoms. The Morgan fingerprint density at radius 1 is 0.860 bits per heavy atom. The largest absolute Gasteiger partial charge is 0.445 e. The maximum Gasteiger partial charge on any atom is 0.408 e. The van der Waals surface area contributed by atoms with Gasteiger partial charge in [0.05, 0.1) is 0 Å². The Labute approximate surface area is 290 Å². The zero-order valence-corrected chi connectivity index (χ0v) is 28.7. The summed E-state index contributed by atoms with van der Waals surface area (Å²) in [4.78, 5) is 69.3. The van der Waals surface area contributed by atoms with Gasteiger partial charge in [-0.25, -0.2) is 9.59 Å². The summed E-state index contributed by atoms with van der Waals surface area (Å²) >= 11 is 0. The molecular weight excluding hydrogens is 644 g/mol. The quantitative estimate of drug-likeness (QED) is 0.0443. The maximum atomic E-state index is 13.7. The zero-order valence-electron chi connectivity index (χ0n) is 28.7. The van der Waals surface area contributed by atoms with E-state index in [1.165, 1.54) is 12.1 Å². The van der Waals surface area contributed by atoms with Crippen molar-refractivity contribution >= 4 is 46.4 Å². The third-order valence-electron chi connectivity index (χ3n) is 7.81. The molecule has 1 aromatic heterocycles. The second-order valence-corrected chi connectivity index (χ2v) is 12.2. The molecule has 0 saturated heterocycles. The molecule has 3 rings (SSSR count). The molecule has 4 amide bonds. The van der Waals surface area contributed by atoms with Crippen molar-refractivity contribution in [2.75, 3.05) is 18.4 Å². The van der Waals surface area contributed by atoms with Gasteiger partial charge in [-0.15, -0.1) is 0 Å². The van der Waals surface area contributed by atoms with Crippen LogP contribution in [0.5, 0.6) is 0 Å². The normalized spacial score (nSPS) is 12.7. The van der Waals surface area contributed by atoms with Gasteiger partial charge in [-0.2, -0.15) is 0 Å². The molecule has 0 aliphatic carbocycles. The molecule has 15 nitrogen and oxygen atoms in total. The molecule has 1 heterocycles. The molecule has 0 aliphatic rings. The Morgan fingerprint density at radius 2 is 1.54 bits per heavy atom. The number of carbonyl (C=O) groups is 4. The van der Waals surface area contributed by atoms with E-state index >= 15 is 0 Å². The number of alkyl carbamates (subject to hydrolysis) is 1. The number of carbonyl (C=O) groups excluding carboxylic acids is 4. The van der Waals surface area contributed by atoms with E-state index in [9.17, 15) is 24.0 Å². The van der Waals surface area contributed by atoms with Crippen LogP contribution < -0.4 is 44.1 Å². The van der Waals surface area contributed by atoms with E-state index in [-0.39, 0.29) is 37.9 Å². The molecule has 0 bridgehead atoms. The van der Waals surface area contributed by atoms with Gasteiger partial charge >= 0.3 is 11.7 Å². The number of aryl methyl sites for hydroxylation is 1. The Bertz CT molecular complexity index is 1690. The minimum Gasteiger partial charge on any atom is -0.445 e. The molecule has 3 atom stereocenters. The van der Waals surface area contributed by atoms with Crippen molar-refractivity contribution < 1.29 is 28.3 Å². The number of ether oxygens (including phenoxy) is 1. The Kier molecular flexibility index (Phi) is 15.2. The van der Waals surface area contributed by atoms with E-state index in [0.29, 0.717) is 42.5 Å². The van der Waals surface area contributed by atoms with Crippen molar-refractivity contribution in [3.05, 3.63) is 76.1 Å². The fourth-order valence-corrected chi connectivity index (χ4v) is 5.13. The number of benzene rings is 2. The first-order valence-electron chi connectivity index (χ1n) is 16.6. The number of nitrogens with one attached hydrogen (secondary N) is 4. The lowest BCUT2D eigenvalue weighted by molar-refractivity contribution is -0.132. The summed E-state index contributed by atoms with van der Waals surface area (Å²) in [5, 5.41) is 11.6. The van der Waals surface area contributed by atoms with Crippen LogP contribution in [0.4, 0.5) is 10.5 Å². The predicted octanol–water partition coefficient (Wildman–Crippen LogP) is 2.14. The second-order valence-electron chi connectivity index (χ2n) is 12.2. The summed E-state index contributed by atoms with van der Waals surface area (Å²) in [5.41, 5.74) is 18.2. The molecule has 0 fully saturated rings. The first-order valence-corrected chi connectivity index (χ1v) is 16.6. The van der Waals surface area contributed by atoms with Gasteiger partial charge in [-0.3, -0.25) is 19.4 Å². The number of nitrogens with two attached hydrogens (primary N) is 3. The van der Waals surface area contributed by atoms with Crippen LogP contribution in [-0.2, 0) is 25.7 Å². The third-order valence-corrected chi connectivity index (χ3v) is 7.81. The molecular formula is C35H48N8O7. The maximum absolute atomic E-state index is 13.7. The van der Waals surface area contributed by atoms with Gasteiger partial charge in [0.2, 0.25) is 17.7 Å². The average Bonchev–Trinajstić information content (AvgIpc) is 3.07. The topological polar surface area (TPSA) is 246 Å². The first-order chi connectivity index (χ1) is 23.9. The number of fused-ring (bicyclic) bond motifs is 1. The number of anilines is 1. The molecule has 10 N–H and O–H groups in total. The molecule has 2 aromatic carbocycles. The highest BCUT2D eigenvalue weighted by atomic mass is 16.5. The van der Waals surface area contributed by atoms with E-state index in [1.807, 2.05) is 18.2 Å². The Morgan fingerprint density at radius 3 is 2.22 bits per heavy atom. The van der Waals surface area contributed by atoms with Crippen LogP contribution in [-0.4, -0.2) is 61.0 Å². The van der Waals surface area contributed by atoms with Gasteiger partial charge in [0.1, 0.15) is 30.3 Å². The minimum atomic E-state index is -1.06. The highest BCUT2D eigenvalue weighted by Crippen LogP contribution is 2.21. The molecule has 0 radical (unpaired) electrons. The number of amides is 4. The predicted molar refractivity (Wildman–Crippen MR) is 191 cm³/mol. The monoisotopic (exact) mass is 692 g/mol. The number of rotatable bonds is 18. The summed E-state index contributed by atoms with van der Waals surface area (Å²) in [5.74, 6) is -2.20. The molecule has 0 saturated carbocycles. The second kappa shape index (κ2) is 19.5. The summed E-state index contributed by atoms with van der Waals surface area (Å²) in [6.07, 6.45) is 1.05. The minimum absolute atomic E-state index is 0.0170. The molecule has 50 heavy (non-hydrogen) atoms. The fourth-order valence-electron chi connectivity index (χ4n) is 5.13. The lowest BCUT2D eigenvalue weighted by atomic mass is 10.0. The third kappa shape index (κ3) is 12.5. The summed E-state index contributed by atoms with van der Waals surface area (Å²) in [6, 6.07) is 12.3. The van der Waals surface area contributed by atoms with Gasteiger partial charge in [-0.1, -0.05) is 44.2 Å². The SMILES string of the molecule is Cc1cc(=O)oc2cc(NC(=O)[C@H](CCCN=C(N)N)NC(=O)[C@H](CCCCN)NC(=O)[C@@H](NC(=O)OCc3ccccc3)C(C)C)ccc12. The standard InChI is InChI=1S/C35H48N8O7/c1-21(2)30(43-35(48)49-20-23-10-5-4-6-11-23)33(47)42-26(12-7-8-16-36)32(46)41-27(13-9-17-39-34(37)38)31(45)40-24-14-15-25-22(3)18-29(44)50-28(25)19-24/h4-6,10-11,14-15,18-19,21,26-27,30H,7-9,12-13,16-17,20,36H2,1-3H3,(H,40,45)(H,41,46)(H,42,47)(H,43,48)(H4,37,38,39)/t26-,27-,30-/m0/s1. The summed E-state index contributed by atoms with van der Waals surface area (Å²) < 4.78 is 10.6. The molecule has 3 aromatic rings. The van der Waals surface area contributed by atoms with E-state index in [0.717, 1.165) is 11.1 Å². The van der Waals surface area contributed by atoms with Gasteiger partial charge < -0.3 is 47.6 Å². The molecule has 270 valence electrons. The van der Waals surface area contributed by atoms with Gasteiger partial charge in [-0.05, 0) is 74.8 Å². The van der Waals surface area contributed by atoms with Crippen LogP contribution in [0, 0.1) is 12.8 Å². The summed E-state index contributed by atoms with van der Waals surface area (Å²) in [7, 11) is 0. The van der Waals surface area contributed by atoms with Crippen molar-refractivity contribution in [1.82, 2.24) is 16.0 Å². The van der Waals surface area contributed by atoms with E-state index < -0.39 is 47.6 Å².